The van der Waals surface area contributed by atoms with E-state index < -0.39 is 4.92 Å². The molecule has 0 radical (unpaired) electrons. The number of nitro groups is 1. The first kappa shape index (κ1) is 14.9. The summed E-state index contributed by atoms with van der Waals surface area (Å²) in [6, 6.07) is 0. The van der Waals surface area contributed by atoms with Crippen LogP contribution in [0.25, 0.3) is 6.08 Å². The standard InChI is InChI=1S/C12H18N3O4/c1-15(2,3)7-6-9-10(18-4)8-13-12(19-5)11(9)14(16)17/h6-8H,1-5H3/q+1. The van der Waals surface area contributed by atoms with Gasteiger partial charge in [-0.3, -0.25) is 10.1 Å². The lowest BCUT2D eigenvalue weighted by molar-refractivity contribution is -0.816. The van der Waals surface area contributed by atoms with Gasteiger partial charge in [-0.25, -0.2) is 4.98 Å². The molecule has 0 amide bonds. The molecule has 1 aromatic heterocycles. The van der Waals surface area contributed by atoms with E-state index in [-0.39, 0.29) is 11.6 Å². The molecule has 0 saturated carbocycles. The van der Waals surface area contributed by atoms with Crippen LogP contribution in [0.5, 0.6) is 11.6 Å². The number of rotatable bonds is 5. The molecule has 0 aliphatic heterocycles. The summed E-state index contributed by atoms with van der Waals surface area (Å²) in [7, 11) is 8.60. The van der Waals surface area contributed by atoms with Gasteiger partial charge in [0.05, 0.1) is 52.7 Å². The molecule has 0 aliphatic rings. The summed E-state index contributed by atoms with van der Waals surface area (Å²) < 4.78 is 10.6. The van der Waals surface area contributed by atoms with Crippen molar-refractivity contribution in [2.45, 2.75) is 0 Å². The van der Waals surface area contributed by atoms with Crippen LogP contribution in [0, 0.1) is 10.1 Å². The minimum Gasteiger partial charge on any atom is -0.494 e. The zero-order valence-electron chi connectivity index (χ0n) is 11.7. The van der Waals surface area contributed by atoms with Crippen molar-refractivity contribution >= 4 is 11.8 Å². The zero-order valence-corrected chi connectivity index (χ0v) is 11.7. The van der Waals surface area contributed by atoms with E-state index in [4.69, 9.17) is 9.47 Å². The molecule has 104 valence electrons. The second-order valence-electron chi connectivity index (χ2n) is 4.79. The molecule has 1 aromatic rings. The van der Waals surface area contributed by atoms with Crippen LogP contribution in [0.15, 0.2) is 12.4 Å². The van der Waals surface area contributed by atoms with Crippen LogP contribution in [-0.2, 0) is 0 Å². The number of nitrogens with zero attached hydrogens (tertiary/aromatic N) is 3. The summed E-state index contributed by atoms with van der Waals surface area (Å²) in [6.45, 7) is 0. The average molecular weight is 268 g/mol. The lowest BCUT2D eigenvalue weighted by Gasteiger charge is -2.17. The summed E-state index contributed by atoms with van der Waals surface area (Å²) in [5.41, 5.74) is 0.138. The molecular formula is C12H18N3O4+. The van der Waals surface area contributed by atoms with Gasteiger partial charge in [-0.2, -0.15) is 0 Å². The Labute approximate surface area is 111 Å². The van der Waals surface area contributed by atoms with Gasteiger partial charge < -0.3 is 14.0 Å². The van der Waals surface area contributed by atoms with E-state index in [1.165, 1.54) is 20.4 Å². The molecule has 0 saturated heterocycles. The number of ether oxygens (including phenoxy) is 2. The Balaban J connectivity index is 3.48. The highest BCUT2D eigenvalue weighted by molar-refractivity contribution is 5.69. The van der Waals surface area contributed by atoms with Crippen LogP contribution in [0.2, 0.25) is 0 Å². The van der Waals surface area contributed by atoms with E-state index in [0.717, 1.165) is 0 Å². The van der Waals surface area contributed by atoms with Crippen molar-refractivity contribution in [2.24, 2.45) is 0 Å². The lowest BCUT2D eigenvalue weighted by Crippen LogP contribution is -2.26. The minimum absolute atomic E-state index is 0.0353. The molecule has 0 aliphatic carbocycles. The fourth-order valence-electron chi connectivity index (χ4n) is 1.43. The highest BCUT2D eigenvalue weighted by Crippen LogP contribution is 2.35. The zero-order chi connectivity index (χ0) is 14.6. The van der Waals surface area contributed by atoms with Crippen LogP contribution in [0.4, 0.5) is 5.69 Å². The third-order valence-electron chi connectivity index (χ3n) is 2.31. The molecule has 0 bridgehead atoms. The van der Waals surface area contributed by atoms with Gasteiger partial charge in [-0.05, 0) is 0 Å². The average Bonchev–Trinajstić information content (AvgIpc) is 2.33. The molecule has 19 heavy (non-hydrogen) atoms. The van der Waals surface area contributed by atoms with Crippen molar-refractivity contribution < 1.29 is 18.9 Å². The summed E-state index contributed by atoms with van der Waals surface area (Å²) in [5, 5.41) is 11.2. The van der Waals surface area contributed by atoms with Crippen LogP contribution in [0.1, 0.15) is 5.56 Å². The Kier molecular flexibility index (Phi) is 4.44. The van der Waals surface area contributed by atoms with E-state index in [0.29, 0.717) is 15.8 Å². The maximum Gasteiger partial charge on any atom is 0.342 e. The summed E-state index contributed by atoms with van der Waals surface area (Å²) >= 11 is 0. The molecule has 0 N–H and O–H groups in total. The van der Waals surface area contributed by atoms with Gasteiger partial charge in [0, 0.05) is 6.08 Å². The number of hydrogen-bond acceptors (Lipinski definition) is 5. The Morgan fingerprint density at radius 2 is 1.95 bits per heavy atom. The van der Waals surface area contributed by atoms with Gasteiger partial charge in [0.15, 0.2) is 5.75 Å². The predicted molar refractivity (Wildman–Crippen MR) is 71.1 cm³/mol. The van der Waals surface area contributed by atoms with E-state index >= 15 is 0 Å². The van der Waals surface area contributed by atoms with Crippen molar-refractivity contribution in [1.29, 1.82) is 0 Å². The maximum atomic E-state index is 11.2. The normalized spacial score (nSPS) is 11.6. The highest BCUT2D eigenvalue weighted by atomic mass is 16.6. The third-order valence-corrected chi connectivity index (χ3v) is 2.31. The van der Waals surface area contributed by atoms with Gasteiger partial charge in [-0.15, -0.1) is 0 Å². The van der Waals surface area contributed by atoms with Crippen molar-refractivity contribution in [3.05, 3.63) is 28.1 Å². The minimum atomic E-state index is -0.524. The molecule has 7 nitrogen and oxygen atoms in total. The predicted octanol–water partition coefficient (Wildman–Crippen LogP) is 1.68. The van der Waals surface area contributed by atoms with E-state index in [2.05, 4.69) is 4.98 Å². The van der Waals surface area contributed by atoms with Crippen LogP contribution >= 0.6 is 0 Å². The van der Waals surface area contributed by atoms with Gasteiger partial charge in [0.1, 0.15) is 5.56 Å². The smallest absolute Gasteiger partial charge is 0.342 e. The van der Waals surface area contributed by atoms with Crippen LogP contribution in [0.3, 0.4) is 0 Å². The van der Waals surface area contributed by atoms with Crippen molar-refractivity contribution in [1.82, 2.24) is 4.98 Å². The summed E-state index contributed by atoms with van der Waals surface area (Å²) in [4.78, 5) is 14.5. The second-order valence-corrected chi connectivity index (χ2v) is 4.79. The second kappa shape index (κ2) is 5.66. The molecule has 7 heteroatoms. The fourth-order valence-corrected chi connectivity index (χ4v) is 1.43. The molecule has 1 heterocycles. The number of aromatic nitrogens is 1. The van der Waals surface area contributed by atoms with Gasteiger partial charge in [0.25, 0.3) is 5.88 Å². The molecule has 0 spiro atoms. The first-order valence-corrected chi connectivity index (χ1v) is 5.56. The Hall–Kier alpha value is -2.15. The molecule has 0 aromatic carbocycles. The quantitative estimate of drug-likeness (QED) is 0.461. The number of pyridine rings is 1. The van der Waals surface area contributed by atoms with E-state index in [1.54, 1.807) is 6.08 Å². The maximum absolute atomic E-state index is 11.2. The summed E-state index contributed by atoms with van der Waals surface area (Å²) in [6.07, 6.45) is 4.85. The van der Waals surface area contributed by atoms with Crippen molar-refractivity contribution in [2.75, 3.05) is 35.4 Å². The van der Waals surface area contributed by atoms with Crippen LogP contribution < -0.4 is 9.47 Å². The monoisotopic (exact) mass is 268 g/mol. The lowest BCUT2D eigenvalue weighted by atomic mass is 10.2. The van der Waals surface area contributed by atoms with Crippen molar-refractivity contribution in [3.8, 4) is 11.6 Å². The number of hydrogen-bond donors (Lipinski definition) is 0. The SMILES string of the molecule is COc1cnc(OC)c([N+](=O)[O-])c1C=C[N+](C)(C)C. The van der Waals surface area contributed by atoms with Gasteiger partial charge in [-0.1, -0.05) is 0 Å². The Bertz CT molecular complexity index is 506. The number of quaternary nitrogens is 1. The Morgan fingerprint density at radius 3 is 2.37 bits per heavy atom. The number of methoxy groups -OCH3 is 2. The van der Waals surface area contributed by atoms with Crippen LogP contribution in [-0.4, -0.2) is 49.8 Å². The summed E-state index contributed by atoms with van der Waals surface area (Å²) in [5.74, 6) is 0.295. The van der Waals surface area contributed by atoms with Gasteiger partial charge in [0.2, 0.25) is 0 Å². The largest absolute Gasteiger partial charge is 0.494 e. The molecule has 0 fully saturated rings. The molecule has 0 atom stereocenters. The highest BCUT2D eigenvalue weighted by Gasteiger charge is 2.25. The molecule has 0 unspecified atom stereocenters. The molecule has 1 rings (SSSR count). The third kappa shape index (κ3) is 3.65. The first-order chi connectivity index (χ1) is 8.80. The Morgan fingerprint density at radius 1 is 1.32 bits per heavy atom. The van der Waals surface area contributed by atoms with E-state index in [9.17, 15) is 10.1 Å². The van der Waals surface area contributed by atoms with Crippen molar-refractivity contribution in [3.63, 3.8) is 0 Å². The fraction of sp³-hybridized carbons (Fsp3) is 0.417. The van der Waals surface area contributed by atoms with E-state index in [1.807, 2.05) is 27.3 Å². The topological polar surface area (TPSA) is 74.5 Å². The molecular weight excluding hydrogens is 250 g/mol. The van der Waals surface area contributed by atoms with Gasteiger partial charge >= 0.3 is 5.69 Å². The first-order valence-electron chi connectivity index (χ1n) is 5.56.